The van der Waals surface area contributed by atoms with Crippen molar-refractivity contribution in [3.05, 3.63) is 65.1 Å². The Morgan fingerprint density at radius 1 is 1.05 bits per heavy atom. The van der Waals surface area contributed by atoms with E-state index < -0.39 is 5.82 Å². The van der Waals surface area contributed by atoms with Crippen molar-refractivity contribution in [3.8, 4) is 22.4 Å². The Hall–Kier alpha value is -2.13. The van der Waals surface area contributed by atoms with Gasteiger partial charge in [-0.25, -0.2) is 4.39 Å². The van der Waals surface area contributed by atoms with E-state index >= 15 is 0 Å². The van der Waals surface area contributed by atoms with Gasteiger partial charge in [0.2, 0.25) is 0 Å². The van der Waals surface area contributed by atoms with E-state index in [0.717, 1.165) is 22.5 Å². The summed E-state index contributed by atoms with van der Waals surface area (Å²) in [7, 11) is 0. The van der Waals surface area contributed by atoms with Crippen molar-refractivity contribution in [2.45, 2.75) is 6.92 Å². The molecule has 4 heteroatoms. The van der Waals surface area contributed by atoms with E-state index in [-0.39, 0.29) is 5.02 Å². The van der Waals surface area contributed by atoms with Gasteiger partial charge in [-0.2, -0.15) is 5.10 Å². The number of aromatic amines is 1. The van der Waals surface area contributed by atoms with Gasteiger partial charge in [0.1, 0.15) is 11.5 Å². The van der Waals surface area contributed by atoms with Gasteiger partial charge in [-0.05, 0) is 13.0 Å². The van der Waals surface area contributed by atoms with E-state index in [1.54, 1.807) is 12.1 Å². The highest BCUT2D eigenvalue weighted by atomic mass is 35.5. The van der Waals surface area contributed by atoms with Crippen molar-refractivity contribution in [2.75, 3.05) is 0 Å². The zero-order chi connectivity index (χ0) is 14.1. The smallest absolute Gasteiger partial charge is 0.149 e. The summed E-state index contributed by atoms with van der Waals surface area (Å²) in [6, 6.07) is 14.7. The summed E-state index contributed by atoms with van der Waals surface area (Å²) >= 11 is 5.88. The van der Waals surface area contributed by atoms with Crippen molar-refractivity contribution in [1.29, 1.82) is 0 Å². The van der Waals surface area contributed by atoms with Crippen LogP contribution < -0.4 is 0 Å². The third-order valence-electron chi connectivity index (χ3n) is 3.22. The Morgan fingerprint density at radius 3 is 2.55 bits per heavy atom. The minimum atomic E-state index is -0.421. The number of hydrogen-bond donors (Lipinski definition) is 1. The van der Waals surface area contributed by atoms with Crippen LogP contribution in [0.25, 0.3) is 22.4 Å². The second-order valence-electron chi connectivity index (χ2n) is 4.54. The molecule has 0 aliphatic heterocycles. The molecule has 0 atom stereocenters. The first kappa shape index (κ1) is 12.9. The second kappa shape index (κ2) is 5.10. The molecule has 20 heavy (non-hydrogen) atoms. The summed E-state index contributed by atoms with van der Waals surface area (Å²) in [6.45, 7) is 1.87. The maximum atomic E-state index is 14.3. The second-order valence-corrected chi connectivity index (χ2v) is 4.95. The van der Waals surface area contributed by atoms with Crippen LogP contribution in [0.1, 0.15) is 5.69 Å². The molecule has 0 amide bonds. The summed E-state index contributed by atoms with van der Waals surface area (Å²) in [4.78, 5) is 0. The first-order valence-corrected chi connectivity index (χ1v) is 6.61. The fourth-order valence-electron chi connectivity index (χ4n) is 2.26. The highest BCUT2D eigenvalue weighted by Crippen LogP contribution is 2.36. The molecular formula is C16H12ClFN2. The maximum Gasteiger partial charge on any atom is 0.149 e. The van der Waals surface area contributed by atoms with Gasteiger partial charge < -0.3 is 0 Å². The molecule has 0 radical (unpaired) electrons. The van der Waals surface area contributed by atoms with E-state index in [1.807, 2.05) is 37.3 Å². The van der Waals surface area contributed by atoms with Crippen LogP contribution >= 0.6 is 11.6 Å². The third-order valence-corrected chi connectivity index (χ3v) is 3.51. The molecule has 0 spiro atoms. The molecule has 0 saturated carbocycles. The van der Waals surface area contributed by atoms with Crippen LogP contribution in [0.5, 0.6) is 0 Å². The van der Waals surface area contributed by atoms with E-state index in [9.17, 15) is 4.39 Å². The van der Waals surface area contributed by atoms with Crippen molar-refractivity contribution < 1.29 is 4.39 Å². The number of hydrogen-bond acceptors (Lipinski definition) is 1. The van der Waals surface area contributed by atoms with Crippen molar-refractivity contribution >= 4 is 11.6 Å². The number of aromatic nitrogens is 2. The zero-order valence-electron chi connectivity index (χ0n) is 10.8. The van der Waals surface area contributed by atoms with Gasteiger partial charge in [-0.1, -0.05) is 54.1 Å². The van der Waals surface area contributed by atoms with Gasteiger partial charge >= 0.3 is 0 Å². The summed E-state index contributed by atoms with van der Waals surface area (Å²) in [5.74, 6) is -0.421. The summed E-state index contributed by atoms with van der Waals surface area (Å²) in [6.07, 6.45) is 0. The Labute approximate surface area is 121 Å². The van der Waals surface area contributed by atoms with Gasteiger partial charge in [-0.15, -0.1) is 0 Å². The molecule has 1 N–H and O–H groups in total. The van der Waals surface area contributed by atoms with Gasteiger partial charge in [0, 0.05) is 22.4 Å². The maximum absolute atomic E-state index is 14.3. The van der Waals surface area contributed by atoms with Crippen molar-refractivity contribution in [3.63, 3.8) is 0 Å². The number of halogens is 2. The average molecular weight is 287 g/mol. The number of nitrogens with one attached hydrogen (secondary N) is 1. The van der Waals surface area contributed by atoms with Gasteiger partial charge in [0.15, 0.2) is 0 Å². The van der Waals surface area contributed by atoms with Crippen LogP contribution in [0.2, 0.25) is 5.02 Å². The monoisotopic (exact) mass is 286 g/mol. The molecule has 0 bridgehead atoms. The third kappa shape index (κ3) is 2.10. The van der Waals surface area contributed by atoms with E-state index in [0.29, 0.717) is 5.56 Å². The number of rotatable bonds is 2. The number of H-pyrrole nitrogens is 1. The van der Waals surface area contributed by atoms with Crippen LogP contribution in [-0.2, 0) is 0 Å². The van der Waals surface area contributed by atoms with E-state index in [2.05, 4.69) is 10.2 Å². The lowest BCUT2D eigenvalue weighted by atomic mass is 9.99. The molecule has 0 aliphatic carbocycles. The molecule has 2 aromatic carbocycles. The van der Waals surface area contributed by atoms with Crippen molar-refractivity contribution in [1.82, 2.24) is 10.2 Å². The molecule has 1 aromatic heterocycles. The predicted octanol–water partition coefficient (Wildman–Crippen LogP) is 4.84. The lowest BCUT2D eigenvalue weighted by Crippen LogP contribution is -1.89. The lowest BCUT2D eigenvalue weighted by Gasteiger charge is -2.07. The summed E-state index contributed by atoms with van der Waals surface area (Å²) in [5, 5.41) is 7.33. The molecule has 0 saturated heterocycles. The minimum absolute atomic E-state index is 0.113. The lowest BCUT2D eigenvalue weighted by molar-refractivity contribution is 0.631. The molecular weight excluding hydrogens is 275 g/mol. The normalized spacial score (nSPS) is 10.8. The quantitative estimate of drug-likeness (QED) is 0.717. The zero-order valence-corrected chi connectivity index (χ0v) is 11.6. The Kier molecular flexibility index (Phi) is 3.28. The largest absolute Gasteiger partial charge is 0.282 e. The van der Waals surface area contributed by atoms with Crippen LogP contribution in [0.15, 0.2) is 48.5 Å². The molecule has 1 heterocycles. The topological polar surface area (TPSA) is 28.7 Å². The Bertz CT molecular complexity index is 750. The Balaban J connectivity index is 2.25. The predicted molar refractivity (Wildman–Crippen MR) is 79.2 cm³/mol. The summed E-state index contributed by atoms with van der Waals surface area (Å²) < 4.78 is 14.3. The number of aryl methyl sites for hydroxylation is 1. The molecule has 100 valence electrons. The Morgan fingerprint density at radius 2 is 1.80 bits per heavy atom. The highest BCUT2D eigenvalue weighted by Gasteiger charge is 2.18. The summed E-state index contributed by atoms with van der Waals surface area (Å²) in [5.41, 5.74) is 3.68. The molecule has 0 fully saturated rings. The highest BCUT2D eigenvalue weighted by molar-refractivity contribution is 6.31. The fraction of sp³-hybridized carbons (Fsp3) is 0.0625. The fourth-order valence-corrected chi connectivity index (χ4v) is 2.44. The standard InChI is InChI=1S/C16H12ClFN2/c1-10-14(12-8-5-9-13(17)15(12)18)16(20-19-10)11-6-3-2-4-7-11/h2-9H,1H3,(H,19,20). The van der Waals surface area contributed by atoms with Gasteiger partial charge in [-0.3, -0.25) is 5.10 Å². The minimum Gasteiger partial charge on any atom is -0.282 e. The SMILES string of the molecule is Cc1[nH]nc(-c2ccccc2)c1-c1cccc(Cl)c1F. The van der Waals surface area contributed by atoms with Crippen LogP contribution in [0.4, 0.5) is 4.39 Å². The molecule has 2 nitrogen and oxygen atoms in total. The van der Waals surface area contributed by atoms with Crippen LogP contribution in [0.3, 0.4) is 0 Å². The van der Waals surface area contributed by atoms with E-state index in [1.165, 1.54) is 6.07 Å². The molecule has 0 unspecified atom stereocenters. The average Bonchev–Trinajstić information content (AvgIpc) is 2.85. The van der Waals surface area contributed by atoms with Crippen LogP contribution in [-0.4, -0.2) is 10.2 Å². The van der Waals surface area contributed by atoms with Crippen LogP contribution in [0, 0.1) is 12.7 Å². The number of nitrogens with zero attached hydrogens (tertiary/aromatic N) is 1. The van der Waals surface area contributed by atoms with E-state index in [4.69, 9.17) is 11.6 Å². The number of benzene rings is 2. The van der Waals surface area contributed by atoms with Gasteiger partial charge in [0.25, 0.3) is 0 Å². The molecule has 0 aliphatic rings. The van der Waals surface area contributed by atoms with Gasteiger partial charge in [0.05, 0.1) is 5.02 Å². The molecule has 3 aromatic rings. The van der Waals surface area contributed by atoms with Crippen molar-refractivity contribution in [2.24, 2.45) is 0 Å². The first-order chi connectivity index (χ1) is 9.68. The first-order valence-electron chi connectivity index (χ1n) is 6.23. The molecule has 3 rings (SSSR count).